The zero-order valence-electron chi connectivity index (χ0n) is 19.6. The van der Waals surface area contributed by atoms with Crippen LogP contribution in [0.3, 0.4) is 0 Å². The lowest BCUT2D eigenvalue weighted by Gasteiger charge is -2.38. The van der Waals surface area contributed by atoms with Crippen molar-refractivity contribution in [3.63, 3.8) is 0 Å². The standard InChI is InChI=1S/C23H37N3O4S/c1-8-16(4)26(21(28)18(14-31)25-22(29)30-23(5,6)7)19(20(27)24-15(2)3)17-12-10-9-11-13-17/h9-13,15-16,18-19,31H,8,14H2,1-7H3,(H,24,27)(H,25,29). The monoisotopic (exact) mass is 451 g/mol. The molecule has 0 aliphatic heterocycles. The fourth-order valence-corrected chi connectivity index (χ4v) is 3.30. The zero-order chi connectivity index (χ0) is 23.8. The zero-order valence-corrected chi connectivity index (χ0v) is 20.5. The van der Waals surface area contributed by atoms with Gasteiger partial charge >= 0.3 is 6.09 Å². The van der Waals surface area contributed by atoms with E-state index in [1.807, 2.05) is 58.0 Å². The van der Waals surface area contributed by atoms with Crippen LogP contribution in [0.15, 0.2) is 30.3 Å². The molecule has 0 heterocycles. The van der Waals surface area contributed by atoms with Gasteiger partial charge in [-0.15, -0.1) is 0 Å². The minimum Gasteiger partial charge on any atom is -0.444 e. The molecule has 1 rings (SSSR count). The second-order valence-electron chi connectivity index (χ2n) is 8.86. The Morgan fingerprint density at radius 1 is 1.06 bits per heavy atom. The second-order valence-corrected chi connectivity index (χ2v) is 9.23. The maximum atomic E-state index is 13.6. The molecule has 174 valence electrons. The molecule has 0 aliphatic rings. The maximum absolute atomic E-state index is 13.6. The molecule has 1 aromatic carbocycles. The lowest BCUT2D eigenvalue weighted by atomic mass is 10.00. The number of nitrogens with zero attached hydrogens (tertiary/aromatic N) is 1. The number of hydrogen-bond donors (Lipinski definition) is 3. The van der Waals surface area contributed by atoms with Crippen molar-refractivity contribution < 1.29 is 19.1 Å². The maximum Gasteiger partial charge on any atom is 0.408 e. The highest BCUT2D eigenvalue weighted by atomic mass is 32.1. The molecule has 7 nitrogen and oxygen atoms in total. The van der Waals surface area contributed by atoms with E-state index in [-0.39, 0.29) is 29.7 Å². The molecule has 0 spiro atoms. The van der Waals surface area contributed by atoms with Gasteiger partial charge < -0.3 is 20.3 Å². The van der Waals surface area contributed by atoms with E-state index in [1.54, 1.807) is 25.7 Å². The van der Waals surface area contributed by atoms with Gasteiger partial charge in [0.05, 0.1) is 0 Å². The molecule has 8 heteroatoms. The van der Waals surface area contributed by atoms with Gasteiger partial charge in [0, 0.05) is 17.8 Å². The number of benzene rings is 1. The lowest BCUT2D eigenvalue weighted by molar-refractivity contribution is -0.144. The van der Waals surface area contributed by atoms with Crippen LogP contribution in [0.5, 0.6) is 0 Å². The van der Waals surface area contributed by atoms with E-state index in [1.165, 1.54) is 0 Å². The fraction of sp³-hybridized carbons (Fsp3) is 0.609. The highest BCUT2D eigenvalue weighted by Gasteiger charge is 2.38. The number of amides is 3. The van der Waals surface area contributed by atoms with Crippen LogP contribution in [-0.2, 0) is 14.3 Å². The number of ether oxygens (including phenoxy) is 1. The Bertz CT molecular complexity index is 734. The predicted octanol–water partition coefficient (Wildman–Crippen LogP) is 3.70. The molecule has 0 aromatic heterocycles. The molecule has 0 fully saturated rings. The Morgan fingerprint density at radius 2 is 1.65 bits per heavy atom. The Kier molecular flexibility index (Phi) is 10.4. The van der Waals surface area contributed by atoms with Gasteiger partial charge in [-0.2, -0.15) is 12.6 Å². The van der Waals surface area contributed by atoms with Crippen molar-refractivity contribution in [2.24, 2.45) is 0 Å². The lowest BCUT2D eigenvalue weighted by Crippen LogP contribution is -2.56. The molecule has 3 unspecified atom stereocenters. The van der Waals surface area contributed by atoms with Gasteiger partial charge in [0.25, 0.3) is 0 Å². The van der Waals surface area contributed by atoms with Crippen LogP contribution in [0.25, 0.3) is 0 Å². The molecule has 0 bridgehead atoms. The van der Waals surface area contributed by atoms with Gasteiger partial charge in [-0.05, 0) is 53.5 Å². The van der Waals surface area contributed by atoms with E-state index >= 15 is 0 Å². The first-order valence-electron chi connectivity index (χ1n) is 10.7. The smallest absolute Gasteiger partial charge is 0.408 e. The number of carbonyl (C=O) groups excluding carboxylic acids is 3. The van der Waals surface area contributed by atoms with Crippen LogP contribution >= 0.6 is 12.6 Å². The average Bonchev–Trinajstić information content (AvgIpc) is 2.67. The second kappa shape index (κ2) is 12.0. The van der Waals surface area contributed by atoms with Gasteiger partial charge in [-0.25, -0.2) is 4.79 Å². The summed E-state index contributed by atoms with van der Waals surface area (Å²) in [6, 6.07) is 7.05. The van der Waals surface area contributed by atoms with Crippen LogP contribution in [0.1, 0.15) is 66.5 Å². The summed E-state index contributed by atoms with van der Waals surface area (Å²) in [5, 5.41) is 5.53. The molecule has 31 heavy (non-hydrogen) atoms. The number of carbonyl (C=O) groups is 3. The highest BCUT2D eigenvalue weighted by molar-refractivity contribution is 7.80. The number of rotatable bonds is 9. The van der Waals surface area contributed by atoms with Gasteiger partial charge in [0.2, 0.25) is 11.8 Å². The first kappa shape index (κ1) is 26.8. The van der Waals surface area contributed by atoms with Crippen molar-refractivity contribution in [3.8, 4) is 0 Å². The van der Waals surface area contributed by atoms with Gasteiger partial charge in [-0.3, -0.25) is 9.59 Å². The van der Waals surface area contributed by atoms with Gasteiger partial charge in [0.1, 0.15) is 17.7 Å². The summed E-state index contributed by atoms with van der Waals surface area (Å²) in [5.74, 6) is -0.591. The predicted molar refractivity (Wildman–Crippen MR) is 126 cm³/mol. The largest absolute Gasteiger partial charge is 0.444 e. The minimum absolute atomic E-state index is 0.0678. The molecular weight excluding hydrogens is 414 g/mol. The highest BCUT2D eigenvalue weighted by Crippen LogP contribution is 2.26. The first-order valence-corrected chi connectivity index (χ1v) is 11.3. The molecule has 0 radical (unpaired) electrons. The summed E-state index contributed by atoms with van der Waals surface area (Å²) in [6.45, 7) is 12.8. The number of alkyl carbamates (subject to hydrolysis) is 1. The Morgan fingerprint density at radius 3 is 2.10 bits per heavy atom. The molecule has 0 saturated carbocycles. The van der Waals surface area contributed by atoms with E-state index in [0.717, 1.165) is 0 Å². The van der Waals surface area contributed by atoms with Crippen LogP contribution in [0.4, 0.5) is 4.79 Å². The topological polar surface area (TPSA) is 87.7 Å². The summed E-state index contributed by atoms with van der Waals surface area (Å²) in [4.78, 5) is 40.7. The van der Waals surface area contributed by atoms with E-state index in [9.17, 15) is 14.4 Å². The normalized spacial score (nSPS) is 14.4. The number of hydrogen-bond acceptors (Lipinski definition) is 5. The van der Waals surface area contributed by atoms with Crippen molar-refractivity contribution in [3.05, 3.63) is 35.9 Å². The molecule has 1 aromatic rings. The fourth-order valence-electron chi connectivity index (χ4n) is 3.05. The third kappa shape index (κ3) is 8.44. The van der Waals surface area contributed by atoms with Crippen molar-refractivity contribution in [1.82, 2.24) is 15.5 Å². The average molecular weight is 452 g/mol. The van der Waals surface area contributed by atoms with Crippen molar-refractivity contribution in [2.75, 3.05) is 5.75 Å². The molecule has 3 atom stereocenters. The minimum atomic E-state index is -0.940. The summed E-state index contributed by atoms with van der Waals surface area (Å²) in [6.07, 6.45) is -0.0673. The Balaban J connectivity index is 3.34. The van der Waals surface area contributed by atoms with E-state index < -0.39 is 23.8 Å². The van der Waals surface area contributed by atoms with Crippen molar-refractivity contribution in [1.29, 1.82) is 0 Å². The van der Waals surface area contributed by atoms with Crippen LogP contribution in [0.2, 0.25) is 0 Å². The van der Waals surface area contributed by atoms with Gasteiger partial charge in [0.15, 0.2) is 0 Å². The van der Waals surface area contributed by atoms with E-state index in [2.05, 4.69) is 23.3 Å². The van der Waals surface area contributed by atoms with Crippen molar-refractivity contribution >= 4 is 30.5 Å². The molecule has 3 amide bonds. The summed E-state index contributed by atoms with van der Waals surface area (Å²) >= 11 is 4.28. The Labute approximate surface area is 191 Å². The van der Waals surface area contributed by atoms with E-state index in [4.69, 9.17) is 4.74 Å². The number of nitrogens with one attached hydrogen (secondary N) is 2. The third-order valence-electron chi connectivity index (χ3n) is 4.56. The van der Waals surface area contributed by atoms with Crippen molar-refractivity contribution in [2.45, 2.75) is 84.7 Å². The quantitative estimate of drug-likeness (QED) is 0.500. The summed E-state index contributed by atoms with van der Waals surface area (Å²) < 4.78 is 5.30. The SMILES string of the molecule is CCC(C)N(C(=O)C(CS)NC(=O)OC(C)(C)C)C(C(=O)NC(C)C)c1ccccc1. The summed E-state index contributed by atoms with van der Waals surface area (Å²) in [5.41, 5.74) is -0.00140. The van der Waals surface area contributed by atoms with Crippen LogP contribution in [-0.4, -0.2) is 52.3 Å². The number of thiol groups is 1. The third-order valence-corrected chi connectivity index (χ3v) is 4.93. The molecule has 0 aliphatic carbocycles. The van der Waals surface area contributed by atoms with Crippen LogP contribution in [0, 0.1) is 0 Å². The molecule has 2 N–H and O–H groups in total. The summed E-state index contributed by atoms with van der Waals surface area (Å²) in [7, 11) is 0. The molecular formula is C23H37N3O4S. The Hall–Kier alpha value is -2.22. The van der Waals surface area contributed by atoms with Crippen LogP contribution < -0.4 is 10.6 Å². The van der Waals surface area contributed by atoms with E-state index in [0.29, 0.717) is 12.0 Å². The van der Waals surface area contributed by atoms with Gasteiger partial charge in [-0.1, -0.05) is 37.3 Å². The first-order chi connectivity index (χ1) is 14.4. The molecule has 0 saturated heterocycles.